The van der Waals surface area contributed by atoms with E-state index in [9.17, 15) is 14.7 Å². The lowest BCUT2D eigenvalue weighted by Crippen LogP contribution is -2.32. The van der Waals surface area contributed by atoms with Crippen LogP contribution in [0, 0.1) is 5.41 Å². The van der Waals surface area contributed by atoms with Gasteiger partial charge in [-0.3, -0.25) is 9.59 Å². The molecule has 0 bridgehead atoms. The predicted molar refractivity (Wildman–Crippen MR) is 59.3 cm³/mol. The fourth-order valence-corrected chi connectivity index (χ4v) is 2.50. The van der Waals surface area contributed by atoms with Crippen LogP contribution in [0.2, 0.25) is 0 Å². The van der Waals surface area contributed by atoms with Gasteiger partial charge in [0.05, 0.1) is 5.41 Å². The van der Waals surface area contributed by atoms with E-state index in [2.05, 4.69) is 0 Å². The van der Waals surface area contributed by atoms with Gasteiger partial charge in [0.2, 0.25) is 0 Å². The average molecular weight is 228 g/mol. The minimum atomic E-state index is -0.900. The first-order valence-electron chi connectivity index (χ1n) is 6.02. The predicted octanol–water partition coefficient (Wildman–Crippen LogP) is 2.67. The van der Waals surface area contributed by atoms with E-state index in [-0.39, 0.29) is 12.8 Å². The zero-order valence-electron chi connectivity index (χ0n) is 9.57. The molecule has 0 aromatic carbocycles. The Kier molecular flexibility index (Phi) is 4.77. The highest BCUT2D eigenvalue weighted by molar-refractivity contribution is 5.76. The number of hydrogen-bond acceptors (Lipinski definition) is 2. The van der Waals surface area contributed by atoms with Crippen molar-refractivity contribution in [2.75, 3.05) is 0 Å². The molecule has 0 heterocycles. The number of hydrogen-bond donors (Lipinski definition) is 2. The fourth-order valence-electron chi connectivity index (χ4n) is 2.50. The summed E-state index contributed by atoms with van der Waals surface area (Å²) in [7, 11) is 0. The summed E-state index contributed by atoms with van der Waals surface area (Å²) in [6.45, 7) is 0. The van der Waals surface area contributed by atoms with Gasteiger partial charge in [-0.05, 0) is 19.3 Å². The lowest BCUT2D eigenvalue weighted by Gasteiger charge is -2.30. The summed E-state index contributed by atoms with van der Waals surface area (Å²) in [5, 5.41) is 18.0. The Morgan fingerprint density at radius 3 is 1.88 bits per heavy atom. The van der Waals surface area contributed by atoms with Crippen molar-refractivity contribution in [2.45, 2.75) is 57.8 Å². The third-order valence-electron chi connectivity index (χ3n) is 3.58. The van der Waals surface area contributed by atoms with Gasteiger partial charge in [-0.2, -0.15) is 0 Å². The topological polar surface area (TPSA) is 74.6 Å². The van der Waals surface area contributed by atoms with Crippen LogP contribution < -0.4 is 0 Å². The van der Waals surface area contributed by atoms with E-state index in [1.807, 2.05) is 0 Å². The summed E-state index contributed by atoms with van der Waals surface area (Å²) in [6.07, 6.45) is 6.64. The van der Waals surface area contributed by atoms with E-state index in [0.717, 1.165) is 25.7 Å². The Balaban J connectivity index is 2.67. The first-order chi connectivity index (χ1) is 7.57. The molecule has 2 N–H and O–H groups in total. The molecule has 4 heteroatoms. The van der Waals surface area contributed by atoms with Crippen LogP contribution in [0.3, 0.4) is 0 Å². The summed E-state index contributed by atoms with van der Waals surface area (Å²) >= 11 is 0. The second kappa shape index (κ2) is 5.87. The van der Waals surface area contributed by atoms with Crippen LogP contribution in [-0.4, -0.2) is 22.2 Å². The van der Waals surface area contributed by atoms with E-state index in [0.29, 0.717) is 12.8 Å². The molecule has 0 spiro atoms. The van der Waals surface area contributed by atoms with Crippen LogP contribution in [0.5, 0.6) is 0 Å². The SMILES string of the molecule is O=C(O)CCC1(C(=O)O)CCCCCCC1. The number of rotatable bonds is 4. The van der Waals surface area contributed by atoms with Gasteiger partial charge in [0.15, 0.2) is 0 Å². The van der Waals surface area contributed by atoms with Crippen LogP contribution in [0.25, 0.3) is 0 Å². The molecule has 1 saturated carbocycles. The smallest absolute Gasteiger partial charge is 0.309 e. The summed E-state index contributed by atoms with van der Waals surface area (Å²) < 4.78 is 0. The fraction of sp³-hybridized carbons (Fsp3) is 0.833. The van der Waals surface area contributed by atoms with E-state index in [1.165, 1.54) is 6.42 Å². The van der Waals surface area contributed by atoms with Gasteiger partial charge < -0.3 is 10.2 Å². The molecule has 16 heavy (non-hydrogen) atoms. The molecule has 1 rings (SSSR count). The molecule has 0 amide bonds. The first kappa shape index (κ1) is 13.0. The molecule has 4 nitrogen and oxygen atoms in total. The molecule has 0 atom stereocenters. The first-order valence-corrected chi connectivity index (χ1v) is 6.02. The molecule has 0 radical (unpaired) electrons. The van der Waals surface area contributed by atoms with Gasteiger partial charge in [0, 0.05) is 6.42 Å². The van der Waals surface area contributed by atoms with Crippen LogP contribution in [0.15, 0.2) is 0 Å². The van der Waals surface area contributed by atoms with Crippen molar-refractivity contribution in [3.05, 3.63) is 0 Å². The molecule has 0 aromatic rings. The third-order valence-corrected chi connectivity index (χ3v) is 3.58. The standard InChI is InChI=1S/C12H20O4/c13-10(14)6-9-12(11(15)16)7-4-2-1-3-5-8-12/h1-9H2,(H,13,14)(H,15,16). The van der Waals surface area contributed by atoms with Gasteiger partial charge in [0.25, 0.3) is 0 Å². The minimum Gasteiger partial charge on any atom is -0.481 e. The minimum absolute atomic E-state index is 0.0354. The molecule has 0 unspecified atom stereocenters. The highest BCUT2D eigenvalue weighted by Gasteiger charge is 2.38. The zero-order chi connectivity index (χ0) is 12.0. The molecular formula is C12H20O4. The quantitative estimate of drug-likeness (QED) is 0.775. The second-order valence-corrected chi connectivity index (χ2v) is 4.75. The summed E-state index contributed by atoms with van der Waals surface area (Å²) in [5.41, 5.74) is -0.779. The van der Waals surface area contributed by atoms with Gasteiger partial charge >= 0.3 is 11.9 Å². The summed E-state index contributed by atoms with van der Waals surface area (Å²) in [4.78, 5) is 21.9. The zero-order valence-corrected chi connectivity index (χ0v) is 9.57. The average Bonchev–Trinajstić information content (AvgIpc) is 2.15. The van der Waals surface area contributed by atoms with E-state index < -0.39 is 17.4 Å². The van der Waals surface area contributed by atoms with Gasteiger partial charge in [-0.15, -0.1) is 0 Å². The van der Waals surface area contributed by atoms with Crippen molar-refractivity contribution in [1.29, 1.82) is 0 Å². The van der Waals surface area contributed by atoms with Crippen LogP contribution in [-0.2, 0) is 9.59 Å². The van der Waals surface area contributed by atoms with E-state index in [1.54, 1.807) is 0 Å². The van der Waals surface area contributed by atoms with Gasteiger partial charge in [-0.25, -0.2) is 0 Å². The number of aliphatic carboxylic acids is 2. The van der Waals surface area contributed by atoms with Crippen LogP contribution in [0.4, 0.5) is 0 Å². The van der Waals surface area contributed by atoms with Gasteiger partial charge in [-0.1, -0.05) is 32.1 Å². The lowest BCUT2D eigenvalue weighted by molar-refractivity contribution is -0.151. The van der Waals surface area contributed by atoms with Crippen molar-refractivity contribution < 1.29 is 19.8 Å². The third kappa shape index (κ3) is 3.51. The molecule has 92 valence electrons. The van der Waals surface area contributed by atoms with E-state index >= 15 is 0 Å². The molecule has 0 saturated heterocycles. The lowest BCUT2D eigenvalue weighted by atomic mass is 9.73. The molecule has 1 fully saturated rings. The van der Waals surface area contributed by atoms with Crippen molar-refractivity contribution >= 4 is 11.9 Å². The van der Waals surface area contributed by atoms with Crippen molar-refractivity contribution in [2.24, 2.45) is 5.41 Å². The molecular weight excluding hydrogens is 208 g/mol. The Morgan fingerprint density at radius 2 is 1.44 bits per heavy atom. The molecule has 1 aliphatic carbocycles. The highest BCUT2D eigenvalue weighted by Crippen LogP contribution is 2.38. The largest absolute Gasteiger partial charge is 0.481 e. The molecule has 0 aromatic heterocycles. The van der Waals surface area contributed by atoms with Gasteiger partial charge in [0.1, 0.15) is 0 Å². The second-order valence-electron chi connectivity index (χ2n) is 4.75. The summed E-state index contributed by atoms with van der Waals surface area (Å²) in [6, 6.07) is 0. The molecule has 1 aliphatic rings. The van der Waals surface area contributed by atoms with Crippen LogP contribution >= 0.6 is 0 Å². The van der Waals surface area contributed by atoms with Crippen molar-refractivity contribution in [3.63, 3.8) is 0 Å². The Hall–Kier alpha value is -1.06. The van der Waals surface area contributed by atoms with Crippen molar-refractivity contribution in [3.8, 4) is 0 Å². The number of carboxylic acid groups (broad SMARTS) is 2. The normalized spacial score (nSPS) is 20.8. The number of carboxylic acids is 2. The summed E-state index contributed by atoms with van der Waals surface area (Å²) in [5.74, 6) is -1.71. The maximum atomic E-state index is 11.4. The maximum absolute atomic E-state index is 11.4. The Bertz CT molecular complexity index is 252. The van der Waals surface area contributed by atoms with E-state index in [4.69, 9.17) is 5.11 Å². The Morgan fingerprint density at radius 1 is 0.938 bits per heavy atom. The monoisotopic (exact) mass is 228 g/mol. The van der Waals surface area contributed by atoms with Crippen molar-refractivity contribution in [1.82, 2.24) is 0 Å². The van der Waals surface area contributed by atoms with Crippen LogP contribution in [0.1, 0.15) is 57.8 Å². The Labute approximate surface area is 95.7 Å². The number of carbonyl (C=O) groups is 2. The highest BCUT2D eigenvalue weighted by atomic mass is 16.4. The maximum Gasteiger partial charge on any atom is 0.309 e. The molecule has 0 aliphatic heterocycles.